The van der Waals surface area contributed by atoms with Gasteiger partial charge in [0.05, 0.1) is 12.6 Å². The maximum absolute atomic E-state index is 12.5. The van der Waals surface area contributed by atoms with Crippen LogP contribution in [0.15, 0.2) is 60.7 Å². The molecular formula is C23H28N2O4. The lowest BCUT2D eigenvalue weighted by molar-refractivity contribution is -0.122. The highest BCUT2D eigenvalue weighted by atomic mass is 16.6. The number of carbonyl (C=O) groups excluding carboxylic acids is 2. The maximum Gasteiger partial charge on any atom is 0.410 e. The number of hydrogen-bond acceptors (Lipinski definition) is 5. The van der Waals surface area contributed by atoms with E-state index in [-0.39, 0.29) is 24.5 Å². The molecule has 1 unspecified atom stereocenters. The predicted molar refractivity (Wildman–Crippen MR) is 110 cm³/mol. The zero-order valence-electron chi connectivity index (χ0n) is 16.6. The van der Waals surface area contributed by atoms with E-state index in [1.165, 1.54) is 0 Å². The van der Waals surface area contributed by atoms with E-state index in [0.29, 0.717) is 45.7 Å². The smallest absolute Gasteiger partial charge is 0.410 e. The van der Waals surface area contributed by atoms with Crippen molar-refractivity contribution < 1.29 is 19.1 Å². The number of hydrogen-bond donors (Lipinski definition) is 1. The minimum absolute atomic E-state index is 0.105. The average Bonchev–Trinajstić information content (AvgIpc) is 2.78. The van der Waals surface area contributed by atoms with Crippen LogP contribution in [0.4, 0.5) is 4.79 Å². The van der Waals surface area contributed by atoms with Crippen LogP contribution in [0.5, 0.6) is 0 Å². The van der Waals surface area contributed by atoms with Gasteiger partial charge in [0.2, 0.25) is 0 Å². The van der Waals surface area contributed by atoms with Gasteiger partial charge in [-0.05, 0) is 17.5 Å². The van der Waals surface area contributed by atoms with Crippen LogP contribution in [0.25, 0.3) is 0 Å². The fourth-order valence-electron chi connectivity index (χ4n) is 3.23. The highest BCUT2D eigenvalue weighted by Crippen LogP contribution is 2.09. The topological polar surface area (TPSA) is 67.9 Å². The molecular weight excluding hydrogens is 368 g/mol. The number of nitrogens with zero attached hydrogens (tertiary/aromatic N) is 1. The first-order valence-electron chi connectivity index (χ1n) is 10.1. The first-order chi connectivity index (χ1) is 14.2. The molecule has 0 saturated carbocycles. The van der Waals surface area contributed by atoms with E-state index in [2.05, 4.69) is 5.32 Å². The Kier molecular flexibility index (Phi) is 8.22. The molecule has 1 fully saturated rings. The number of ketones is 1. The molecule has 1 atom stereocenters. The summed E-state index contributed by atoms with van der Waals surface area (Å²) in [5.41, 5.74) is 2.07. The summed E-state index contributed by atoms with van der Waals surface area (Å²) in [6, 6.07) is 19.2. The van der Waals surface area contributed by atoms with E-state index in [0.717, 1.165) is 11.1 Å². The van der Waals surface area contributed by atoms with Gasteiger partial charge in [-0.1, -0.05) is 60.7 Å². The third-order valence-electron chi connectivity index (χ3n) is 4.85. The van der Waals surface area contributed by atoms with Gasteiger partial charge in [0.25, 0.3) is 0 Å². The van der Waals surface area contributed by atoms with E-state index in [9.17, 15) is 9.59 Å². The Bertz CT molecular complexity index is 767. The number of amides is 1. The molecule has 6 nitrogen and oxygen atoms in total. The number of Topliss-reactive ketones (excluding diaryl/α,β-unsaturated/α-hetero) is 1. The highest BCUT2D eigenvalue weighted by Gasteiger charge is 2.28. The number of piperazine rings is 1. The van der Waals surface area contributed by atoms with Crippen molar-refractivity contribution in [3.8, 4) is 0 Å². The van der Waals surface area contributed by atoms with Crippen LogP contribution in [0.1, 0.15) is 24.0 Å². The van der Waals surface area contributed by atoms with Crippen molar-refractivity contribution in [3.05, 3.63) is 71.8 Å². The molecule has 1 aliphatic heterocycles. The van der Waals surface area contributed by atoms with Gasteiger partial charge in [-0.3, -0.25) is 4.79 Å². The van der Waals surface area contributed by atoms with Gasteiger partial charge in [0, 0.05) is 32.7 Å². The number of rotatable bonds is 9. The first-order valence-corrected chi connectivity index (χ1v) is 10.1. The molecule has 154 valence electrons. The van der Waals surface area contributed by atoms with E-state index in [4.69, 9.17) is 9.47 Å². The Balaban J connectivity index is 1.34. The molecule has 0 bridgehead atoms. The van der Waals surface area contributed by atoms with Crippen LogP contribution in [-0.4, -0.2) is 49.1 Å². The summed E-state index contributed by atoms with van der Waals surface area (Å²) < 4.78 is 11.0. The lowest BCUT2D eigenvalue weighted by Gasteiger charge is -2.32. The van der Waals surface area contributed by atoms with Crippen molar-refractivity contribution in [2.75, 3.05) is 26.2 Å². The Hall–Kier alpha value is -2.70. The van der Waals surface area contributed by atoms with Crippen molar-refractivity contribution in [1.82, 2.24) is 10.2 Å². The third kappa shape index (κ3) is 7.00. The largest absolute Gasteiger partial charge is 0.445 e. The molecule has 2 aromatic rings. The van der Waals surface area contributed by atoms with Gasteiger partial charge in [-0.25, -0.2) is 4.79 Å². The number of carbonyl (C=O) groups is 2. The standard InChI is InChI=1S/C23H28N2O4/c26-22(12-7-15-28-17-19-8-3-1-4-9-19)21-16-25(14-13-24-21)23(27)29-18-20-10-5-2-6-11-20/h1-6,8-11,21,24H,7,12-18H2. The molecule has 1 aliphatic rings. The minimum atomic E-state index is -0.376. The van der Waals surface area contributed by atoms with Gasteiger partial charge in [-0.15, -0.1) is 0 Å². The molecule has 0 spiro atoms. The Labute approximate surface area is 171 Å². The van der Waals surface area contributed by atoms with Crippen LogP contribution in [0, 0.1) is 0 Å². The van der Waals surface area contributed by atoms with Gasteiger partial charge in [0.1, 0.15) is 6.61 Å². The zero-order valence-corrected chi connectivity index (χ0v) is 16.6. The van der Waals surface area contributed by atoms with Gasteiger partial charge >= 0.3 is 6.09 Å². The van der Waals surface area contributed by atoms with Crippen molar-refractivity contribution in [2.24, 2.45) is 0 Å². The second-order valence-electron chi connectivity index (χ2n) is 7.10. The lowest BCUT2D eigenvalue weighted by Crippen LogP contribution is -2.55. The molecule has 1 N–H and O–H groups in total. The monoisotopic (exact) mass is 396 g/mol. The van der Waals surface area contributed by atoms with Gasteiger partial charge in [0.15, 0.2) is 5.78 Å². The van der Waals surface area contributed by atoms with Crippen molar-refractivity contribution in [1.29, 1.82) is 0 Å². The molecule has 0 aromatic heterocycles. The number of ether oxygens (including phenoxy) is 2. The van der Waals surface area contributed by atoms with Crippen LogP contribution >= 0.6 is 0 Å². The summed E-state index contributed by atoms with van der Waals surface area (Å²) in [5, 5.41) is 3.20. The number of nitrogens with one attached hydrogen (secondary N) is 1. The van der Waals surface area contributed by atoms with E-state index in [1.54, 1.807) is 4.90 Å². The van der Waals surface area contributed by atoms with E-state index in [1.807, 2.05) is 60.7 Å². The fraction of sp³-hybridized carbons (Fsp3) is 0.391. The normalized spacial score (nSPS) is 16.4. The fourth-order valence-corrected chi connectivity index (χ4v) is 3.23. The maximum atomic E-state index is 12.5. The molecule has 6 heteroatoms. The van der Waals surface area contributed by atoms with Crippen molar-refractivity contribution in [2.45, 2.75) is 32.1 Å². The molecule has 29 heavy (non-hydrogen) atoms. The summed E-state index contributed by atoms with van der Waals surface area (Å²) in [4.78, 5) is 26.4. The molecule has 0 aliphatic carbocycles. The van der Waals surface area contributed by atoms with Crippen LogP contribution < -0.4 is 5.32 Å². The van der Waals surface area contributed by atoms with Crippen molar-refractivity contribution in [3.63, 3.8) is 0 Å². The molecule has 0 radical (unpaired) electrons. The minimum Gasteiger partial charge on any atom is -0.445 e. The Morgan fingerprint density at radius 3 is 2.31 bits per heavy atom. The Morgan fingerprint density at radius 1 is 0.966 bits per heavy atom. The second kappa shape index (κ2) is 11.3. The molecule has 1 saturated heterocycles. The second-order valence-corrected chi connectivity index (χ2v) is 7.10. The first kappa shape index (κ1) is 21.0. The summed E-state index contributed by atoms with van der Waals surface area (Å²) in [7, 11) is 0. The van der Waals surface area contributed by atoms with Gasteiger partial charge in [-0.2, -0.15) is 0 Å². The van der Waals surface area contributed by atoms with E-state index >= 15 is 0 Å². The highest BCUT2D eigenvalue weighted by molar-refractivity contribution is 5.85. The summed E-state index contributed by atoms with van der Waals surface area (Å²) in [6.07, 6.45) is 0.723. The van der Waals surface area contributed by atoms with Crippen LogP contribution in [0.2, 0.25) is 0 Å². The molecule has 1 amide bonds. The van der Waals surface area contributed by atoms with Gasteiger partial charge < -0.3 is 19.7 Å². The number of benzene rings is 2. The van der Waals surface area contributed by atoms with Crippen molar-refractivity contribution >= 4 is 11.9 Å². The summed E-state index contributed by atoms with van der Waals surface area (Å²) in [6.45, 7) is 2.80. The molecule has 2 aromatic carbocycles. The third-order valence-corrected chi connectivity index (χ3v) is 4.85. The lowest BCUT2D eigenvalue weighted by atomic mass is 10.1. The SMILES string of the molecule is O=C(CCCOCc1ccccc1)C1CN(C(=O)OCc2ccccc2)CCN1. The van der Waals surface area contributed by atoms with Crippen LogP contribution in [0.3, 0.4) is 0 Å². The Morgan fingerprint density at radius 2 is 1.62 bits per heavy atom. The quantitative estimate of drug-likeness (QED) is 0.660. The molecule has 3 rings (SSSR count). The van der Waals surface area contributed by atoms with E-state index < -0.39 is 0 Å². The zero-order chi connectivity index (χ0) is 20.3. The summed E-state index contributed by atoms with van der Waals surface area (Å²) >= 11 is 0. The van der Waals surface area contributed by atoms with Crippen LogP contribution in [-0.2, 0) is 27.5 Å². The molecule has 1 heterocycles. The summed E-state index contributed by atoms with van der Waals surface area (Å²) in [5.74, 6) is 0.105. The predicted octanol–water partition coefficient (Wildman–Crippen LogP) is 3.16. The average molecular weight is 396 g/mol.